The highest BCUT2D eigenvalue weighted by molar-refractivity contribution is 5.90. The Morgan fingerprint density at radius 3 is 1.11 bits per heavy atom. The van der Waals surface area contributed by atoms with Crippen LogP contribution in [0.2, 0.25) is 0 Å². The fourth-order valence-corrected chi connectivity index (χ4v) is 5.75. The molecule has 0 amide bonds. The Bertz CT molecular complexity index is 2040. The Balaban J connectivity index is 1.18. The standard InChI is InChI=1S/C40H28N2O2/c1-3-15-33(16-4-1)41(35-21-19-29-11-7-9-13-31(29)27-35)39-25-23-37(43-39)38-24-26-40(44-38)42(34-17-5-2-6-18-34)36-22-20-30-12-8-10-14-32(30)28-36/h1-28H. The number of hydrogen-bond donors (Lipinski definition) is 0. The van der Waals surface area contributed by atoms with Gasteiger partial charge in [-0.25, -0.2) is 0 Å². The van der Waals surface area contributed by atoms with Crippen molar-refractivity contribution in [3.63, 3.8) is 0 Å². The van der Waals surface area contributed by atoms with Gasteiger partial charge in [0, 0.05) is 34.9 Å². The Kier molecular flexibility index (Phi) is 6.43. The van der Waals surface area contributed by atoms with E-state index in [0.29, 0.717) is 23.3 Å². The number of fused-ring (bicyclic) bond motifs is 2. The molecule has 0 fully saturated rings. The zero-order valence-corrected chi connectivity index (χ0v) is 23.9. The van der Waals surface area contributed by atoms with Gasteiger partial charge in [0.05, 0.1) is 0 Å². The van der Waals surface area contributed by atoms with Gasteiger partial charge in [-0.15, -0.1) is 0 Å². The van der Waals surface area contributed by atoms with E-state index in [1.165, 1.54) is 21.5 Å². The third-order valence-electron chi connectivity index (χ3n) is 7.88. The number of hydrogen-bond acceptors (Lipinski definition) is 4. The number of nitrogens with zero attached hydrogens (tertiary/aromatic N) is 2. The zero-order valence-electron chi connectivity index (χ0n) is 23.9. The second kappa shape index (κ2) is 11.0. The summed E-state index contributed by atoms with van der Waals surface area (Å²) in [5.41, 5.74) is 4.05. The van der Waals surface area contributed by atoms with Crippen LogP contribution in [0, 0.1) is 0 Å². The van der Waals surface area contributed by atoms with Crippen LogP contribution in [0.4, 0.5) is 34.5 Å². The maximum atomic E-state index is 6.53. The van der Waals surface area contributed by atoms with E-state index in [2.05, 4.69) is 119 Å². The van der Waals surface area contributed by atoms with Crippen LogP contribution in [-0.2, 0) is 0 Å². The van der Waals surface area contributed by atoms with Crippen molar-refractivity contribution in [2.75, 3.05) is 9.80 Å². The molecule has 2 heterocycles. The molecule has 0 atom stereocenters. The second-order valence-corrected chi connectivity index (χ2v) is 10.7. The predicted octanol–water partition coefficient (Wildman–Crippen LogP) is 11.8. The Hall–Kier alpha value is -6.00. The third-order valence-corrected chi connectivity index (χ3v) is 7.88. The Labute approximate surface area is 255 Å². The summed E-state index contributed by atoms with van der Waals surface area (Å²) < 4.78 is 13.1. The monoisotopic (exact) mass is 568 g/mol. The molecule has 0 aliphatic rings. The molecule has 2 aromatic heterocycles. The van der Waals surface area contributed by atoms with Crippen LogP contribution in [0.15, 0.2) is 179 Å². The van der Waals surface area contributed by atoms with Gasteiger partial charge in [-0.05, 0) is 82.2 Å². The summed E-state index contributed by atoms with van der Waals surface area (Å²) in [5.74, 6) is 2.71. The maximum absolute atomic E-state index is 6.53. The number of anilines is 6. The minimum absolute atomic E-state index is 0.652. The van der Waals surface area contributed by atoms with Crippen LogP contribution in [0.3, 0.4) is 0 Å². The van der Waals surface area contributed by atoms with Crippen molar-refractivity contribution in [1.29, 1.82) is 0 Å². The highest BCUT2D eigenvalue weighted by Crippen LogP contribution is 2.42. The lowest BCUT2D eigenvalue weighted by molar-refractivity contribution is 0.532. The number of para-hydroxylation sites is 2. The maximum Gasteiger partial charge on any atom is 0.205 e. The topological polar surface area (TPSA) is 32.8 Å². The molecule has 0 bridgehead atoms. The lowest BCUT2D eigenvalue weighted by Crippen LogP contribution is -2.08. The molecule has 44 heavy (non-hydrogen) atoms. The lowest BCUT2D eigenvalue weighted by Gasteiger charge is -2.23. The summed E-state index contributed by atoms with van der Waals surface area (Å²) in [4.78, 5) is 4.26. The van der Waals surface area contributed by atoms with E-state index < -0.39 is 0 Å². The number of benzene rings is 6. The van der Waals surface area contributed by atoms with Crippen molar-refractivity contribution < 1.29 is 8.83 Å². The fourth-order valence-electron chi connectivity index (χ4n) is 5.75. The van der Waals surface area contributed by atoms with Gasteiger partial charge in [0.25, 0.3) is 0 Å². The zero-order chi connectivity index (χ0) is 29.3. The molecule has 4 heteroatoms. The van der Waals surface area contributed by atoms with Crippen LogP contribution < -0.4 is 9.80 Å². The second-order valence-electron chi connectivity index (χ2n) is 10.7. The van der Waals surface area contributed by atoms with E-state index in [9.17, 15) is 0 Å². The Morgan fingerprint density at radius 2 is 0.682 bits per heavy atom. The number of rotatable bonds is 7. The van der Waals surface area contributed by atoms with Crippen LogP contribution in [0.1, 0.15) is 0 Å². The minimum Gasteiger partial charge on any atom is -0.437 e. The van der Waals surface area contributed by atoms with Gasteiger partial charge in [-0.1, -0.05) is 97.1 Å². The van der Waals surface area contributed by atoms with E-state index in [1.54, 1.807) is 0 Å². The average Bonchev–Trinajstić information content (AvgIpc) is 3.77. The van der Waals surface area contributed by atoms with Crippen molar-refractivity contribution >= 4 is 56.1 Å². The van der Waals surface area contributed by atoms with E-state index in [4.69, 9.17) is 8.83 Å². The van der Waals surface area contributed by atoms with Gasteiger partial charge in [0.2, 0.25) is 11.8 Å². The molecule has 0 spiro atoms. The van der Waals surface area contributed by atoms with E-state index in [1.807, 2.05) is 60.7 Å². The first-order chi connectivity index (χ1) is 21.8. The molecule has 0 radical (unpaired) electrons. The highest BCUT2D eigenvalue weighted by Gasteiger charge is 2.21. The fraction of sp³-hybridized carbons (Fsp3) is 0. The largest absolute Gasteiger partial charge is 0.437 e. The first-order valence-corrected chi connectivity index (χ1v) is 14.7. The number of furan rings is 2. The molecule has 0 aliphatic heterocycles. The van der Waals surface area contributed by atoms with Gasteiger partial charge < -0.3 is 8.83 Å². The van der Waals surface area contributed by atoms with Crippen molar-refractivity contribution in [3.05, 3.63) is 170 Å². The molecular weight excluding hydrogens is 540 g/mol. The molecule has 0 N–H and O–H groups in total. The van der Waals surface area contributed by atoms with Gasteiger partial charge in [-0.2, -0.15) is 0 Å². The molecule has 6 aromatic carbocycles. The van der Waals surface area contributed by atoms with Crippen LogP contribution in [0.25, 0.3) is 33.1 Å². The highest BCUT2D eigenvalue weighted by atomic mass is 16.4. The molecule has 0 saturated carbocycles. The Morgan fingerprint density at radius 1 is 0.295 bits per heavy atom. The van der Waals surface area contributed by atoms with Crippen LogP contribution in [-0.4, -0.2) is 0 Å². The molecule has 8 rings (SSSR count). The summed E-state index contributed by atoms with van der Waals surface area (Å²) in [6.45, 7) is 0. The quantitative estimate of drug-likeness (QED) is 0.191. The van der Waals surface area contributed by atoms with Crippen LogP contribution in [0.5, 0.6) is 0 Å². The van der Waals surface area contributed by atoms with Gasteiger partial charge >= 0.3 is 0 Å². The molecule has 0 unspecified atom stereocenters. The molecule has 0 aliphatic carbocycles. The molecule has 8 aromatic rings. The first kappa shape index (κ1) is 25.7. The first-order valence-electron chi connectivity index (χ1n) is 14.7. The summed E-state index contributed by atoms with van der Waals surface area (Å²) in [6, 6.07) is 58.2. The summed E-state index contributed by atoms with van der Waals surface area (Å²) in [7, 11) is 0. The summed E-state index contributed by atoms with van der Waals surface area (Å²) >= 11 is 0. The van der Waals surface area contributed by atoms with E-state index >= 15 is 0 Å². The third kappa shape index (κ3) is 4.79. The lowest BCUT2D eigenvalue weighted by atomic mass is 10.1. The minimum atomic E-state index is 0.652. The smallest absolute Gasteiger partial charge is 0.205 e. The van der Waals surface area contributed by atoms with Crippen molar-refractivity contribution in [3.8, 4) is 11.5 Å². The van der Waals surface area contributed by atoms with Crippen molar-refractivity contribution in [1.82, 2.24) is 0 Å². The average molecular weight is 569 g/mol. The predicted molar refractivity (Wildman–Crippen MR) is 181 cm³/mol. The molecule has 210 valence electrons. The SMILES string of the molecule is c1ccc(N(c2ccc3ccccc3c2)c2ccc(-c3ccc(N(c4ccccc4)c4ccc5ccccc5c4)o3)o2)cc1. The van der Waals surface area contributed by atoms with Gasteiger partial charge in [0.1, 0.15) is 0 Å². The summed E-state index contributed by atoms with van der Waals surface area (Å²) in [5, 5.41) is 4.73. The van der Waals surface area contributed by atoms with E-state index in [-0.39, 0.29) is 0 Å². The van der Waals surface area contributed by atoms with Crippen molar-refractivity contribution in [2.45, 2.75) is 0 Å². The summed E-state index contributed by atoms with van der Waals surface area (Å²) in [6.07, 6.45) is 0. The normalized spacial score (nSPS) is 11.2. The van der Waals surface area contributed by atoms with Gasteiger partial charge in [0.15, 0.2) is 11.5 Å². The van der Waals surface area contributed by atoms with Crippen molar-refractivity contribution in [2.24, 2.45) is 0 Å². The molecule has 4 nitrogen and oxygen atoms in total. The van der Waals surface area contributed by atoms with Crippen LogP contribution >= 0.6 is 0 Å². The van der Waals surface area contributed by atoms with E-state index in [0.717, 1.165) is 22.7 Å². The molecular formula is C40H28N2O2. The van der Waals surface area contributed by atoms with Gasteiger partial charge in [-0.3, -0.25) is 9.80 Å². The molecule has 0 saturated heterocycles.